The summed E-state index contributed by atoms with van der Waals surface area (Å²) < 4.78 is 5.30. The Hall–Kier alpha value is -2.36. The first-order chi connectivity index (χ1) is 14.3. The minimum Gasteiger partial charge on any atom is -0.497 e. The quantitative estimate of drug-likeness (QED) is 0.413. The van der Waals surface area contributed by atoms with E-state index in [1.165, 1.54) is 53.1 Å². The van der Waals surface area contributed by atoms with E-state index in [4.69, 9.17) is 9.84 Å². The summed E-state index contributed by atoms with van der Waals surface area (Å²) in [6, 6.07) is 21.6. The van der Waals surface area contributed by atoms with Crippen LogP contribution in [0.15, 0.2) is 60.7 Å². The second-order valence-electron chi connectivity index (χ2n) is 7.60. The summed E-state index contributed by atoms with van der Waals surface area (Å²) in [4.78, 5) is 0. The van der Waals surface area contributed by atoms with Crippen molar-refractivity contribution in [2.24, 2.45) is 0 Å². The van der Waals surface area contributed by atoms with Gasteiger partial charge in [-0.3, -0.25) is 0 Å². The van der Waals surface area contributed by atoms with Crippen molar-refractivity contribution in [3.05, 3.63) is 77.4 Å². The number of benzene rings is 3. The van der Waals surface area contributed by atoms with E-state index in [0.717, 1.165) is 25.1 Å². The zero-order valence-electron chi connectivity index (χ0n) is 17.5. The highest BCUT2D eigenvalue weighted by atomic mass is 16.5. The lowest BCUT2D eigenvalue weighted by Crippen LogP contribution is -2.17. The molecule has 0 aliphatic carbocycles. The van der Waals surface area contributed by atoms with Crippen molar-refractivity contribution in [2.45, 2.75) is 45.1 Å². The molecule has 0 heterocycles. The normalized spacial score (nSPS) is 11.1. The fourth-order valence-corrected chi connectivity index (χ4v) is 3.92. The van der Waals surface area contributed by atoms with E-state index in [1.54, 1.807) is 7.11 Å². The summed E-state index contributed by atoms with van der Waals surface area (Å²) in [5.74, 6) is 0.949. The number of methoxy groups -OCH3 is 1. The summed E-state index contributed by atoms with van der Waals surface area (Å²) in [6.45, 7) is 1.60. The summed E-state index contributed by atoms with van der Waals surface area (Å²) in [7, 11) is 1.72. The monoisotopic (exact) mass is 391 g/mol. The minimum absolute atomic E-state index is 0.174. The SMILES string of the molecule is COc1cccc(CCCCCCc2ccc(CNCCO)c3ccccc23)c1. The number of hydrogen-bond acceptors (Lipinski definition) is 3. The van der Waals surface area contributed by atoms with Gasteiger partial charge in [-0.2, -0.15) is 0 Å². The Morgan fingerprint density at radius 2 is 1.52 bits per heavy atom. The van der Waals surface area contributed by atoms with Gasteiger partial charge < -0.3 is 15.2 Å². The molecule has 0 atom stereocenters. The summed E-state index contributed by atoms with van der Waals surface area (Å²) in [5, 5.41) is 15.0. The molecule has 0 bridgehead atoms. The van der Waals surface area contributed by atoms with Gasteiger partial charge in [0.05, 0.1) is 13.7 Å². The highest BCUT2D eigenvalue weighted by Gasteiger charge is 2.06. The number of aryl methyl sites for hydroxylation is 2. The molecule has 3 rings (SSSR count). The van der Waals surface area contributed by atoms with Gasteiger partial charge in [0, 0.05) is 13.1 Å². The number of unbranched alkanes of at least 4 members (excludes halogenated alkanes) is 3. The molecule has 3 aromatic rings. The van der Waals surface area contributed by atoms with E-state index in [-0.39, 0.29) is 6.61 Å². The van der Waals surface area contributed by atoms with Crippen LogP contribution >= 0.6 is 0 Å². The summed E-state index contributed by atoms with van der Waals surface area (Å²) in [6.07, 6.45) is 7.23. The third kappa shape index (κ3) is 6.31. The molecular formula is C26H33NO2. The van der Waals surface area contributed by atoms with Crippen molar-refractivity contribution < 1.29 is 9.84 Å². The van der Waals surface area contributed by atoms with Gasteiger partial charge in [0.25, 0.3) is 0 Å². The fourth-order valence-electron chi connectivity index (χ4n) is 3.92. The first kappa shape index (κ1) is 21.4. The molecule has 0 aliphatic rings. The molecule has 0 saturated heterocycles. The maximum Gasteiger partial charge on any atom is 0.119 e. The average Bonchev–Trinajstić information content (AvgIpc) is 2.77. The smallest absolute Gasteiger partial charge is 0.119 e. The number of nitrogens with one attached hydrogen (secondary N) is 1. The number of rotatable bonds is 12. The molecular weight excluding hydrogens is 358 g/mol. The van der Waals surface area contributed by atoms with Crippen molar-refractivity contribution in [3.63, 3.8) is 0 Å². The molecule has 0 amide bonds. The van der Waals surface area contributed by atoms with E-state index >= 15 is 0 Å². The van der Waals surface area contributed by atoms with Gasteiger partial charge in [-0.1, -0.05) is 61.4 Å². The molecule has 0 radical (unpaired) electrons. The third-order valence-corrected chi connectivity index (χ3v) is 5.50. The number of aliphatic hydroxyl groups excluding tert-OH is 1. The summed E-state index contributed by atoms with van der Waals surface area (Å²) >= 11 is 0. The van der Waals surface area contributed by atoms with E-state index in [0.29, 0.717) is 6.54 Å². The van der Waals surface area contributed by atoms with E-state index in [2.05, 4.69) is 59.9 Å². The predicted octanol–water partition coefficient (Wildman–Crippen LogP) is 5.28. The first-order valence-electron chi connectivity index (χ1n) is 10.8. The molecule has 0 aromatic heterocycles. The van der Waals surface area contributed by atoms with Gasteiger partial charge in [-0.05, 0) is 65.3 Å². The van der Waals surface area contributed by atoms with Gasteiger partial charge in [0.15, 0.2) is 0 Å². The van der Waals surface area contributed by atoms with Crippen molar-refractivity contribution in [3.8, 4) is 5.75 Å². The lowest BCUT2D eigenvalue weighted by molar-refractivity contribution is 0.292. The van der Waals surface area contributed by atoms with Gasteiger partial charge in [0.2, 0.25) is 0 Å². The van der Waals surface area contributed by atoms with Crippen LogP contribution in [0.4, 0.5) is 0 Å². The zero-order valence-corrected chi connectivity index (χ0v) is 17.5. The molecule has 0 fully saturated rings. The molecule has 3 heteroatoms. The molecule has 2 N–H and O–H groups in total. The van der Waals surface area contributed by atoms with Gasteiger partial charge in [-0.25, -0.2) is 0 Å². The maximum absolute atomic E-state index is 8.98. The third-order valence-electron chi connectivity index (χ3n) is 5.50. The molecule has 154 valence electrons. The highest BCUT2D eigenvalue weighted by Crippen LogP contribution is 2.25. The van der Waals surface area contributed by atoms with Crippen molar-refractivity contribution in [1.29, 1.82) is 0 Å². The number of hydrogen-bond donors (Lipinski definition) is 2. The van der Waals surface area contributed by atoms with Gasteiger partial charge >= 0.3 is 0 Å². The number of aliphatic hydroxyl groups is 1. The van der Waals surface area contributed by atoms with Crippen LogP contribution in [0.1, 0.15) is 42.4 Å². The average molecular weight is 392 g/mol. The van der Waals surface area contributed by atoms with Crippen molar-refractivity contribution >= 4 is 10.8 Å². The molecule has 0 spiro atoms. The van der Waals surface area contributed by atoms with Crippen LogP contribution in [0.3, 0.4) is 0 Å². The van der Waals surface area contributed by atoms with Crippen molar-refractivity contribution in [1.82, 2.24) is 5.32 Å². The lowest BCUT2D eigenvalue weighted by atomic mass is 9.95. The van der Waals surface area contributed by atoms with Crippen LogP contribution < -0.4 is 10.1 Å². The van der Waals surface area contributed by atoms with Crippen LogP contribution in [0.2, 0.25) is 0 Å². The number of ether oxygens (including phenoxy) is 1. The van der Waals surface area contributed by atoms with Crippen molar-refractivity contribution in [2.75, 3.05) is 20.3 Å². The topological polar surface area (TPSA) is 41.5 Å². The standard InChI is InChI=1S/C26H33NO2/c1-29-24-12-8-10-21(19-24)9-4-2-3-5-11-22-15-16-23(20-27-17-18-28)26-14-7-6-13-25(22)26/h6-8,10,12-16,19,27-28H,2-5,9,11,17-18,20H2,1H3. The van der Waals surface area contributed by atoms with E-state index in [9.17, 15) is 0 Å². The molecule has 0 unspecified atom stereocenters. The molecule has 3 aromatic carbocycles. The van der Waals surface area contributed by atoms with Crippen LogP contribution in [0.25, 0.3) is 10.8 Å². The Bertz CT molecular complexity index is 891. The second kappa shape index (κ2) is 11.6. The summed E-state index contributed by atoms with van der Waals surface area (Å²) in [5.41, 5.74) is 4.11. The van der Waals surface area contributed by atoms with Gasteiger partial charge in [-0.15, -0.1) is 0 Å². The lowest BCUT2D eigenvalue weighted by Gasteiger charge is -2.12. The number of fused-ring (bicyclic) bond motifs is 1. The Morgan fingerprint density at radius 3 is 2.28 bits per heavy atom. The predicted molar refractivity (Wildman–Crippen MR) is 122 cm³/mol. The second-order valence-corrected chi connectivity index (χ2v) is 7.60. The van der Waals surface area contributed by atoms with Crippen LogP contribution in [0, 0.1) is 0 Å². The van der Waals surface area contributed by atoms with Crippen LogP contribution in [0.5, 0.6) is 5.75 Å². The van der Waals surface area contributed by atoms with Crippen LogP contribution in [-0.4, -0.2) is 25.4 Å². The Kier molecular flexibility index (Phi) is 8.54. The first-order valence-corrected chi connectivity index (χ1v) is 10.8. The fraction of sp³-hybridized carbons (Fsp3) is 0.385. The van der Waals surface area contributed by atoms with E-state index < -0.39 is 0 Å². The molecule has 0 aliphatic heterocycles. The molecule has 29 heavy (non-hydrogen) atoms. The Morgan fingerprint density at radius 1 is 0.793 bits per heavy atom. The molecule has 3 nitrogen and oxygen atoms in total. The Labute approximate surface area is 174 Å². The molecule has 0 saturated carbocycles. The minimum atomic E-state index is 0.174. The maximum atomic E-state index is 8.98. The largest absolute Gasteiger partial charge is 0.497 e. The van der Waals surface area contributed by atoms with E-state index in [1.807, 2.05) is 6.07 Å². The van der Waals surface area contributed by atoms with Crippen LogP contribution in [-0.2, 0) is 19.4 Å². The van der Waals surface area contributed by atoms with Gasteiger partial charge in [0.1, 0.15) is 5.75 Å². The zero-order chi connectivity index (χ0) is 20.3. The Balaban J connectivity index is 1.48. The highest BCUT2D eigenvalue weighted by molar-refractivity contribution is 5.88.